The van der Waals surface area contributed by atoms with Crippen molar-refractivity contribution in [2.45, 2.75) is 25.6 Å². The van der Waals surface area contributed by atoms with E-state index in [1.54, 1.807) is 13.0 Å². The third-order valence-electron chi connectivity index (χ3n) is 4.76. The molecule has 3 heterocycles. The van der Waals surface area contributed by atoms with Gasteiger partial charge in [-0.15, -0.1) is 0 Å². The minimum absolute atomic E-state index is 0.191. The number of rotatable bonds is 3. The summed E-state index contributed by atoms with van der Waals surface area (Å²) in [7, 11) is 0. The molecule has 4 rings (SSSR count). The Morgan fingerprint density at radius 3 is 2.44 bits per heavy atom. The number of nitrogens with zero attached hydrogens (tertiary/aromatic N) is 3. The molecule has 0 saturated carbocycles. The van der Waals surface area contributed by atoms with E-state index < -0.39 is 23.2 Å². The van der Waals surface area contributed by atoms with E-state index in [4.69, 9.17) is 9.47 Å². The topological polar surface area (TPSA) is 59.5 Å². The van der Waals surface area contributed by atoms with Crippen molar-refractivity contribution in [1.82, 2.24) is 9.97 Å². The molecule has 2 aromatic rings. The third-order valence-corrected chi connectivity index (χ3v) is 4.76. The Morgan fingerprint density at radius 2 is 1.74 bits per heavy atom. The summed E-state index contributed by atoms with van der Waals surface area (Å²) in [6.07, 6.45) is 1.40. The summed E-state index contributed by atoms with van der Waals surface area (Å²) in [6.45, 7) is 4.31. The Bertz CT molecular complexity index is 849. The van der Waals surface area contributed by atoms with Gasteiger partial charge in [0.25, 0.3) is 0 Å². The van der Waals surface area contributed by atoms with Crippen LogP contribution in [0.5, 0.6) is 0 Å². The number of aromatic nitrogens is 2. The van der Waals surface area contributed by atoms with E-state index in [-0.39, 0.29) is 5.69 Å². The average molecular weight is 380 g/mol. The van der Waals surface area contributed by atoms with Gasteiger partial charge in [-0.1, -0.05) is 0 Å². The van der Waals surface area contributed by atoms with Gasteiger partial charge in [0.2, 0.25) is 5.95 Å². The summed E-state index contributed by atoms with van der Waals surface area (Å²) >= 11 is 0. The van der Waals surface area contributed by atoms with Crippen LogP contribution in [-0.4, -0.2) is 42.1 Å². The average Bonchev–Trinajstić information content (AvgIpc) is 3.10. The molecule has 1 N–H and O–H groups in total. The molecular weight excluding hydrogens is 361 g/mol. The highest BCUT2D eigenvalue weighted by atomic mass is 19.2. The van der Waals surface area contributed by atoms with Crippen molar-refractivity contribution in [2.24, 2.45) is 0 Å². The first-order chi connectivity index (χ1) is 13.0. The molecule has 0 unspecified atom stereocenters. The fourth-order valence-electron chi connectivity index (χ4n) is 3.35. The lowest BCUT2D eigenvalue weighted by Gasteiger charge is -2.37. The van der Waals surface area contributed by atoms with Gasteiger partial charge in [0, 0.05) is 37.7 Å². The second-order valence-electron chi connectivity index (χ2n) is 6.64. The van der Waals surface area contributed by atoms with Gasteiger partial charge in [-0.2, -0.15) is 4.98 Å². The highest BCUT2D eigenvalue weighted by Crippen LogP contribution is 2.33. The van der Waals surface area contributed by atoms with Crippen LogP contribution in [0.2, 0.25) is 0 Å². The van der Waals surface area contributed by atoms with Crippen molar-refractivity contribution in [3.05, 3.63) is 41.3 Å². The Kier molecular flexibility index (Phi) is 4.65. The van der Waals surface area contributed by atoms with Gasteiger partial charge in [0.1, 0.15) is 5.82 Å². The fourth-order valence-corrected chi connectivity index (χ4v) is 3.35. The molecule has 27 heavy (non-hydrogen) atoms. The molecule has 0 amide bonds. The Hall–Kier alpha value is -2.39. The van der Waals surface area contributed by atoms with Crippen molar-refractivity contribution in [3.63, 3.8) is 0 Å². The number of hydrogen-bond donors (Lipinski definition) is 1. The molecular formula is C18H19F3N4O2. The molecule has 2 saturated heterocycles. The number of halogens is 3. The molecule has 144 valence electrons. The van der Waals surface area contributed by atoms with E-state index in [9.17, 15) is 13.2 Å². The van der Waals surface area contributed by atoms with Crippen molar-refractivity contribution in [2.75, 3.05) is 36.5 Å². The second-order valence-corrected chi connectivity index (χ2v) is 6.64. The van der Waals surface area contributed by atoms with Gasteiger partial charge in [-0.3, -0.25) is 0 Å². The zero-order valence-corrected chi connectivity index (χ0v) is 14.8. The van der Waals surface area contributed by atoms with Gasteiger partial charge >= 0.3 is 0 Å². The number of anilines is 3. The first-order valence-electron chi connectivity index (χ1n) is 8.75. The standard InChI is InChI=1S/C18H19F3N4O2/c1-11-10-14(23-13-3-2-12(19)15(20)16(13)21)24-17(22-11)25-6-4-18(5-7-25)26-8-9-27-18/h2-3,10H,4-9H2,1H3,(H,22,23,24). The van der Waals surface area contributed by atoms with Gasteiger partial charge in [0.15, 0.2) is 23.2 Å². The monoisotopic (exact) mass is 380 g/mol. The molecule has 9 heteroatoms. The normalized spacial score (nSPS) is 18.9. The summed E-state index contributed by atoms with van der Waals surface area (Å²) in [5.41, 5.74) is 0.474. The maximum absolute atomic E-state index is 13.9. The molecule has 0 radical (unpaired) electrons. The predicted octanol–water partition coefficient (Wildman–Crippen LogP) is 3.29. The van der Waals surface area contributed by atoms with Crippen LogP contribution in [0.3, 0.4) is 0 Å². The van der Waals surface area contributed by atoms with Crippen LogP contribution in [0.15, 0.2) is 18.2 Å². The van der Waals surface area contributed by atoms with Crippen LogP contribution in [0, 0.1) is 24.4 Å². The number of nitrogens with one attached hydrogen (secondary N) is 1. The van der Waals surface area contributed by atoms with Gasteiger partial charge in [-0.25, -0.2) is 18.2 Å². The number of ether oxygens (including phenoxy) is 2. The van der Waals surface area contributed by atoms with Crippen LogP contribution in [-0.2, 0) is 9.47 Å². The highest BCUT2D eigenvalue weighted by molar-refractivity contribution is 5.58. The zero-order valence-electron chi connectivity index (χ0n) is 14.8. The van der Waals surface area contributed by atoms with E-state index in [1.807, 2.05) is 4.90 Å². The minimum Gasteiger partial charge on any atom is -0.347 e. The maximum Gasteiger partial charge on any atom is 0.227 e. The van der Waals surface area contributed by atoms with Crippen LogP contribution >= 0.6 is 0 Å². The number of piperidine rings is 1. The molecule has 0 aliphatic carbocycles. The zero-order chi connectivity index (χ0) is 19.0. The summed E-state index contributed by atoms with van der Waals surface area (Å²) < 4.78 is 51.9. The molecule has 2 aliphatic heterocycles. The molecule has 2 fully saturated rings. The summed E-state index contributed by atoms with van der Waals surface area (Å²) in [5.74, 6) is -3.77. The summed E-state index contributed by atoms with van der Waals surface area (Å²) in [5, 5.41) is 2.70. The van der Waals surface area contributed by atoms with E-state index >= 15 is 0 Å². The van der Waals surface area contributed by atoms with E-state index in [0.29, 0.717) is 56.6 Å². The van der Waals surface area contributed by atoms with Crippen LogP contribution in [0.4, 0.5) is 30.6 Å². The number of hydrogen-bond acceptors (Lipinski definition) is 6. The SMILES string of the molecule is Cc1cc(Nc2ccc(F)c(F)c2F)nc(N2CCC3(CC2)OCCO3)n1. The Labute approximate surface area is 154 Å². The van der Waals surface area contributed by atoms with E-state index in [1.165, 1.54) is 0 Å². The molecule has 6 nitrogen and oxygen atoms in total. The number of aryl methyl sites for hydroxylation is 1. The molecule has 0 atom stereocenters. The molecule has 2 aliphatic rings. The third kappa shape index (κ3) is 3.57. The fraction of sp³-hybridized carbons (Fsp3) is 0.444. The molecule has 1 spiro atoms. The Morgan fingerprint density at radius 1 is 1.04 bits per heavy atom. The second kappa shape index (κ2) is 6.97. The molecule has 0 bridgehead atoms. The maximum atomic E-state index is 13.9. The van der Waals surface area contributed by atoms with Crippen LogP contribution in [0.1, 0.15) is 18.5 Å². The van der Waals surface area contributed by atoms with Gasteiger partial charge < -0.3 is 19.7 Å². The molecule has 1 aromatic carbocycles. The van der Waals surface area contributed by atoms with Crippen LogP contribution < -0.4 is 10.2 Å². The van der Waals surface area contributed by atoms with Crippen LogP contribution in [0.25, 0.3) is 0 Å². The number of benzene rings is 1. The quantitative estimate of drug-likeness (QED) is 0.825. The minimum atomic E-state index is -1.52. The molecule has 1 aromatic heterocycles. The largest absolute Gasteiger partial charge is 0.347 e. The first kappa shape index (κ1) is 18.0. The van der Waals surface area contributed by atoms with Crippen molar-refractivity contribution < 1.29 is 22.6 Å². The van der Waals surface area contributed by atoms with Crippen molar-refractivity contribution in [1.29, 1.82) is 0 Å². The Balaban J connectivity index is 1.53. The summed E-state index contributed by atoms with van der Waals surface area (Å²) in [4.78, 5) is 10.8. The van der Waals surface area contributed by atoms with Gasteiger partial charge in [-0.05, 0) is 19.1 Å². The van der Waals surface area contributed by atoms with Crippen molar-refractivity contribution in [3.8, 4) is 0 Å². The lowest BCUT2D eigenvalue weighted by atomic mass is 10.0. The van der Waals surface area contributed by atoms with E-state index in [2.05, 4.69) is 15.3 Å². The lowest BCUT2D eigenvalue weighted by molar-refractivity contribution is -0.169. The highest BCUT2D eigenvalue weighted by Gasteiger charge is 2.40. The smallest absolute Gasteiger partial charge is 0.227 e. The summed E-state index contributed by atoms with van der Waals surface area (Å²) in [6, 6.07) is 3.60. The lowest BCUT2D eigenvalue weighted by Crippen LogP contribution is -2.45. The van der Waals surface area contributed by atoms with Crippen molar-refractivity contribution >= 4 is 17.5 Å². The first-order valence-corrected chi connectivity index (χ1v) is 8.75. The van der Waals surface area contributed by atoms with E-state index in [0.717, 1.165) is 12.1 Å². The van der Waals surface area contributed by atoms with Gasteiger partial charge in [0.05, 0.1) is 18.9 Å². The predicted molar refractivity (Wildman–Crippen MR) is 92.4 cm³/mol.